The molecule has 0 amide bonds. The fourth-order valence-corrected chi connectivity index (χ4v) is 2.54. The number of rotatable bonds is 3. The number of nitro groups is 1. The molecule has 0 bridgehead atoms. The number of aromatic nitrogens is 1. The van der Waals surface area contributed by atoms with Crippen molar-refractivity contribution in [2.24, 2.45) is 5.73 Å². The molecule has 1 aliphatic carbocycles. The molecule has 6 nitrogen and oxygen atoms in total. The van der Waals surface area contributed by atoms with E-state index >= 15 is 0 Å². The summed E-state index contributed by atoms with van der Waals surface area (Å²) in [6, 6.07) is 1.49. The van der Waals surface area contributed by atoms with Crippen LogP contribution in [0.4, 0.5) is 11.5 Å². The van der Waals surface area contributed by atoms with E-state index < -0.39 is 4.92 Å². The van der Waals surface area contributed by atoms with Gasteiger partial charge in [0.15, 0.2) is 0 Å². The standard InChI is InChI=1S/C12H17ClN4O2/c13-9-6-8(17(18)19)7-15-12(9)16-11-5-3-1-2-4-10(11)14/h6-7,10-11H,1-5,14H2,(H,15,16). The molecule has 1 saturated carbocycles. The quantitative estimate of drug-likeness (QED) is 0.505. The van der Waals surface area contributed by atoms with Crippen LogP contribution in [0.2, 0.25) is 5.02 Å². The molecule has 2 atom stereocenters. The highest BCUT2D eigenvalue weighted by molar-refractivity contribution is 6.33. The third-order valence-corrected chi connectivity index (χ3v) is 3.72. The van der Waals surface area contributed by atoms with Gasteiger partial charge in [-0.3, -0.25) is 10.1 Å². The van der Waals surface area contributed by atoms with E-state index in [9.17, 15) is 10.1 Å². The predicted octanol–water partition coefficient (Wildman–Crippen LogP) is 2.72. The summed E-state index contributed by atoms with van der Waals surface area (Å²) in [5, 5.41) is 14.1. The summed E-state index contributed by atoms with van der Waals surface area (Å²) in [6.45, 7) is 0. The van der Waals surface area contributed by atoms with Crippen LogP contribution in [-0.2, 0) is 0 Å². The van der Waals surface area contributed by atoms with Gasteiger partial charge in [0.05, 0.1) is 9.95 Å². The Morgan fingerprint density at radius 2 is 2.16 bits per heavy atom. The van der Waals surface area contributed by atoms with Crippen LogP contribution in [0.25, 0.3) is 0 Å². The number of anilines is 1. The summed E-state index contributed by atoms with van der Waals surface area (Å²) in [7, 11) is 0. The topological polar surface area (TPSA) is 94.1 Å². The van der Waals surface area contributed by atoms with Crippen molar-refractivity contribution in [3.05, 3.63) is 27.4 Å². The van der Waals surface area contributed by atoms with Gasteiger partial charge in [-0.15, -0.1) is 0 Å². The maximum Gasteiger partial charge on any atom is 0.289 e. The molecule has 0 spiro atoms. The predicted molar refractivity (Wildman–Crippen MR) is 74.4 cm³/mol. The Balaban J connectivity index is 2.11. The van der Waals surface area contributed by atoms with Crippen molar-refractivity contribution >= 4 is 23.1 Å². The van der Waals surface area contributed by atoms with E-state index in [1.54, 1.807) is 0 Å². The van der Waals surface area contributed by atoms with Crippen LogP contribution in [0.3, 0.4) is 0 Å². The third kappa shape index (κ3) is 3.54. The summed E-state index contributed by atoms with van der Waals surface area (Å²) in [5.41, 5.74) is 6.00. The number of hydrogen-bond acceptors (Lipinski definition) is 5. The minimum absolute atomic E-state index is 0.0653. The van der Waals surface area contributed by atoms with E-state index in [0.29, 0.717) is 5.82 Å². The first-order valence-electron chi connectivity index (χ1n) is 6.40. The summed E-state index contributed by atoms with van der Waals surface area (Å²) in [4.78, 5) is 14.1. The second kappa shape index (κ2) is 6.16. The molecule has 0 saturated heterocycles. The van der Waals surface area contributed by atoms with Crippen LogP contribution in [0.5, 0.6) is 0 Å². The van der Waals surface area contributed by atoms with Crippen LogP contribution >= 0.6 is 11.6 Å². The zero-order valence-corrected chi connectivity index (χ0v) is 11.3. The summed E-state index contributed by atoms with van der Waals surface area (Å²) in [5.74, 6) is 0.467. The Labute approximate surface area is 116 Å². The van der Waals surface area contributed by atoms with E-state index in [1.165, 1.54) is 18.7 Å². The van der Waals surface area contributed by atoms with Crippen LogP contribution in [0.15, 0.2) is 12.3 Å². The number of nitrogens with one attached hydrogen (secondary N) is 1. The maximum atomic E-state index is 10.6. The Kier molecular flexibility index (Phi) is 4.55. The molecular weight excluding hydrogens is 268 g/mol. The molecule has 2 rings (SSSR count). The van der Waals surface area contributed by atoms with Gasteiger partial charge in [-0.1, -0.05) is 30.9 Å². The highest BCUT2D eigenvalue weighted by Crippen LogP contribution is 2.27. The molecule has 3 N–H and O–H groups in total. The van der Waals surface area contributed by atoms with Gasteiger partial charge in [0, 0.05) is 18.2 Å². The van der Waals surface area contributed by atoms with Gasteiger partial charge >= 0.3 is 0 Å². The van der Waals surface area contributed by atoms with E-state index in [-0.39, 0.29) is 22.8 Å². The third-order valence-electron chi connectivity index (χ3n) is 3.43. The maximum absolute atomic E-state index is 10.6. The van der Waals surface area contributed by atoms with Crippen LogP contribution < -0.4 is 11.1 Å². The molecular formula is C12H17ClN4O2. The molecule has 1 aromatic heterocycles. The minimum Gasteiger partial charge on any atom is -0.365 e. The normalized spacial score (nSPS) is 23.7. The van der Waals surface area contributed by atoms with Crippen molar-refractivity contribution in [1.82, 2.24) is 4.98 Å². The Morgan fingerprint density at radius 3 is 2.84 bits per heavy atom. The van der Waals surface area contributed by atoms with Crippen molar-refractivity contribution in [1.29, 1.82) is 0 Å². The Bertz CT molecular complexity index is 469. The lowest BCUT2D eigenvalue weighted by Crippen LogP contribution is -2.39. The van der Waals surface area contributed by atoms with Crippen LogP contribution in [0, 0.1) is 10.1 Å². The largest absolute Gasteiger partial charge is 0.365 e. The second-order valence-electron chi connectivity index (χ2n) is 4.83. The van der Waals surface area contributed by atoms with Crippen molar-refractivity contribution in [2.45, 2.75) is 44.2 Å². The Morgan fingerprint density at radius 1 is 1.42 bits per heavy atom. The molecule has 1 aromatic rings. The first-order chi connectivity index (χ1) is 9.08. The molecule has 0 aromatic carbocycles. The molecule has 19 heavy (non-hydrogen) atoms. The summed E-state index contributed by atoms with van der Waals surface area (Å²) < 4.78 is 0. The smallest absolute Gasteiger partial charge is 0.289 e. The van der Waals surface area contributed by atoms with Crippen molar-refractivity contribution in [3.63, 3.8) is 0 Å². The summed E-state index contributed by atoms with van der Waals surface area (Å²) in [6.07, 6.45) is 6.60. The first kappa shape index (κ1) is 14.0. The SMILES string of the molecule is NC1CCCCCC1Nc1ncc([N+](=O)[O-])cc1Cl. The summed E-state index contributed by atoms with van der Waals surface area (Å²) >= 11 is 6.01. The number of nitrogens with zero attached hydrogens (tertiary/aromatic N) is 2. The second-order valence-corrected chi connectivity index (χ2v) is 5.24. The number of nitrogens with two attached hydrogens (primary N) is 1. The van der Waals surface area contributed by atoms with Gasteiger partial charge in [0.25, 0.3) is 5.69 Å². The van der Waals surface area contributed by atoms with Gasteiger partial charge in [-0.05, 0) is 12.8 Å². The highest BCUT2D eigenvalue weighted by atomic mass is 35.5. The van der Waals surface area contributed by atoms with Crippen LogP contribution in [-0.4, -0.2) is 22.0 Å². The molecule has 7 heteroatoms. The number of halogens is 1. The molecule has 1 aliphatic rings. The molecule has 104 valence electrons. The Hall–Kier alpha value is -1.40. The lowest BCUT2D eigenvalue weighted by molar-refractivity contribution is -0.385. The zero-order chi connectivity index (χ0) is 13.8. The minimum atomic E-state index is -0.514. The van der Waals surface area contributed by atoms with E-state index in [1.807, 2.05) is 0 Å². The van der Waals surface area contributed by atoms with E-state index in [0.717, 1.165) is 25.7 Å². The lowest BCUT2D eigenvalue weighted by Gasteiger charge is -2.23. The van der Waals surface area contributed by atoms with E-state index in [4.69, 9.17) is 17.3 Å². The van der Waals surface area contributed by atoms with E-state index in [2.05, 4.69) is 10.3 Å². The number of hydrogen-bond donors (Lipinski definition) is 2. The van der Waals surface area contributed by atoms with Crippen molar-refractivity contribution in [2.75, 3.05) is 5.32 Å². The molecule has 2 unspecified atom stereocenters. The molecule has 0 radical (unpaired) electrons. The monoisotopic (exact) mass is 284 g/mol. The van der Waals surface area contributed by atoms with Crippen molar-refractivity contribution < 1.29 is 4.92 Å². The first-order valence-corrected chi connectivity index (χ1v) is 6.78. The molecule has 0 aliphatic heterocycles. The average molecular weight is 285 g/mol. The van der Waals surface area contributed by atoms with Gasteiger partial charge < -0.3 is 11.1 Å². The van der Waals surface area contributed by atoms with Gasteiger partial charge in [0.1, 0.15) is 12.0 Å². The molecule has 1 fully saturated rings. The fourth-order valence-electron chi connectivity index (χ4n) is 2.33. The zero-order valence-electron chi connectivity index (χ0n) is 10.5. The highest BCUT2D eigenvalue weighted by Gasteiger charge is 2.22. The van der Waals surface area contributed by atoms with Gasteiger partial charge in [-0.2, -0.15) is 0 Å². The average Bonchev–Trinajstić information content (AvgIpc) is 2.57. The fraction of sp³-hybridized carbons (Fsp3) is 0.583. The van der Waals surface area contributed by atoms with Crippen LogP contribution in [0.1, 0.15) is 32.1 Å². The lowest BCUT2D eigenvalue weighted by atomic mass is 10.0. The van der Waals surface area contributed by atoms with Gasteiger partial charge in [0.2, 0.25) is 0 Å². The van der Waals surface area contributed by atoms with Gasteiger partial charge in [-0.25, -0.2) is 4.98 Å². The molecule has 1 heterocycles. The van der Waals surface area contributed by atoms with Crippen molar-refractivity contribution in [3.8, 4) is 0 Å². The number of pyridine rings is 1.